The smallest absolute Gasteiger partial charge is 0.321 e. The van der Waals surface area contributed by atoms with E-state index in [0.29, 0.717) is 6.42 Å². The highest BCUT2D eigenvalue weighted by Crippen LogP contribution is 2.12. The normalized spacial score (nSPS) is 13.8. The summed E-state index contributed by atoms with van der Waals surface area (Å²) < 4.78 is 0. The minimum atomic E-state index is -0.805. The summed E-state index contributed by atoms with van der Waals surface area (Å²) in [5.74, 6) is -0.805. The largest absolute Gasteiger partial charge is 0.480 e. The summed E-state index contributed by atoms with van der Waals surface area (Å²) in [5.41, 5.74) is 3.24. The highest BCUT2D eigenvalue weighted by Gasteiger charge is 2.19. The number of carboxylic acids is 1. The highest BCUT2D eigenvalue weighted by atomic mass is 16.4. The number of hydrogen-bond donors (Lipinski definition) is 2. The molecule has 0 radical (unpaired) electrons. The molecule has 0 aliphatic carbocycles. The Kier molecular flexibility index (Phi) is 6.76. The molecule has 0 fully saturated rings. The molecule has 24 heavy (non-hydrogen) atoms. The number of carboxylic acid groups (broad SMARTS) is 1. The molecule has 3 nitrogen and oxygen atoms in total. The summed E-state index contributed by atoms with van der Waals surface area (Å²) in [6.45, 7) is 4.06. The van der Waals surface area contributed by atoms with Gasteiger partial charge in [0.1, 0.15) is 6.04 Å². The fourth-order valence-corrected chi connectivity index (χ4v) is 2.49. The van der Waals surface area contributed by atoms with Gasteiger partial charge in [0.05, 0.1) is 0 Å². The van der Waals surface area contributed by atoms with Crippen LogP contribution in [0.2, 0.25) is 0 Å². The third kappa shape index (κ3) is 5.67. The summed E-state index contributed by atoms with van der Waals surface area (Å²) >= 11 is 0. The predicted octanol–water partition coefficient (Wildman–Crippen LogP) is 4.24. The Bertz CT molecular complexity index is 679. The van der Waals surface area contributed by atoms with Gasteiger partial charge in [-0.2, -0.15) is 0 Å². The van der Waals surface area contributed by atoms with Crippen molar-refractivity contribution in [3.8, 4) is 0 Å². The second-order valence-electron chi connectivity index (χ2n) is 6.06. The molecule has 0 aliphatic rings. The topological polar surface area (TPSA) is 49.3 Å². The Hall–Kier alpha value is -2.39. The van der Waals surface area contributed by atoms with E-state index in [1.54, 1.807) is 0 Å². The van der Waals surface area contributed by atoms with Crippen LogP contribution in [0.4, 0.5) is 0 Å². The van der Waals surface area contributed by atoms with Crippen LogP contribution in [0, 0.1) is 0 Å². The lowest BCUT2D eigenvalue weighted by atomic mass is 10.0. The van der Waals surface area contributed by atoms with Gasteiger partial charge in [-0.3, -0.25) is 4.79 Å². The number of benzene rings is 2. The minimum Gasteiger partial charge on any atom is -0.480 e. The van der Waals surface area contributed by atoms with Crippen molar-refractivity contribution in [2.24, 2.45) is 0 Å². The van der Waals surface area contributed by atoms with Crippen molar-refractivity contribution in [3.05, 3.63) is 71.3 Å². The first kappa shape index (κ1) is 18.0. The summed E-state index contributed by atoms with van der Waals surface area (Å²) in [6, 6.07) is 17.8. The molecular weight excluding hydrogens is 298 g/mol. The van der Waals surface area contributed by atoms with Crippen LogP contribution >= 0.6 is 0 Å². The molecule has 0 amide bonds. The van der Waals surface area contributed by atoms with Crippen LogP contribution in [0.5, 0.6) is 0 Å². The first-order chi connectivity index (χ1) is 11.6. The Labute approximate surface area is 144 Å². The van der Waals surface area contributed by atoms with E-state index in [2.05, 4.69) is 29.6 Å². The van der Waals surface area contributed by atoms with Crippen LogP contribution in [0.25, 0.3) is 12.2 Å². The zero-order valence-electron chi connectivity index (χ0n) is 14.3. The molecule has 0 saturated carbocycles. The van der Waals surface area contributed by atoms with Crippen molar-refractivity contribution >= 4 is 18.1 Å². The van der Waals surface area contributed by atoms with E-state index in [4.69, 9.17) is 0 Å². The Morgan fingerprint density at radius 1 is 1.08 bits per heavy atom. The first-order valence-electron chi connectivity index (χ1n) is 8.39. The number of carbonyl (C=O) groups is 1. The van der Waals surface area contributed by atoms with Crippen molar-refractivity contribution in [2.45, 2.75) is 38.8 Å². The fraction of sp³-hybridized carbons (Fsp3) is 0.286. The van der Waals surface area contributed by atoms with Gasteiger partial charge >= 0.3 is 5.97 Å². The molecular formula is C21H25NO2. The monoisotopic (exact) mass is 323 g/mol. The maximum Gasteiger partial charge on any atom is 0.321 e. The van der Waals surface area contributed by atoms with Crippen LogP contribution < -0.4 is 5.32 Å². The van der Waals surface area contributed by atoms with E-state index in [1.807, 2.05) is 56.3 Å². The van der Waals surface area contributed by atoms with Gasteiger partial charge in [0.2, 0.25) is 0 Å². The van der Waals surface area contributed by atoms with E-state index in [-0.39, 0.29) is 6.04 Å². The standard InChI is InChI=1S/C21H25NO2/c1-3-16(2)22-20(21(23)24)15-19-11-7-10-18(14-19)13-12-17-8-5-4-6-9-17/h4-14,16,20,22H,3,15H2,1-2H3,(H,23,24)/b13-12-. The Balaban J connectivity index is 2.08. The zero-order chi connectivity index (χ0) is 17.4. The van der Waals surface area contributed by atoms with Crippen LogP contribution in [-0.2, 0) is 11.2 Å². The maximum absolute atomic E-state index is 11.5. The molecule has 2 unspecified atom stereocenters. The molecule has 0 bridgehead atoms. The van der Waals surface area contributed by atoms with Crippen molar-refractivity contribution < 1.29 is 9.90 Å². The fourth-order valence-electron chi connectivity index (χ4n) is 2.49. The summed E-state index contributed by atoms with van der Waals surface area (Å²) in [7, 11) is 0. The molecule has 2 N–H and O–H groups in total. The van der Waals surface area contributed by atoms with Gasteiger partial charge in [0.25, 0.3) is 0 Å². The van der Waals surface area contributed by atoms with E-state index in [9.17, 15) is 9.90 Å². The summed E-state index contributed by atoms with van der Waals surface area (Å²) in [6.07, 6.45) is 5.50. The van der Waals surface area contributed by atoms with Gasteiger partial charge in [-0.25, -0.2) is 0 Å². The molecule has 2 aromatic rings. The molecule has 2 rings (SSSR count). The van der Waals surface area contributed by atoms with E-state index >= 15 is 0 Å². The maximum atomic E-state index is 11.5. The molecule has 0 spiro atoms. The van der Waals surface area contributed by atoms with Gasteiger partial charge in [-0.05, 0) is 36.5 Å². The van der Waals surface area contributed by atoms with Crippen LogP contribution in [0.1, 0.15) is 37.0 Å². The van der Waals surface area contributed by atoms with Crippen LogP contribution in [0.15, 0.2) is 54.6 Å². The van der Waals surface area contributed by atoms with Crippen LogP contribution in [0.3, 0.4) is 0 Å². The third-order valence-electron chi connectivity index (χ3n) is 4.05. The van der Waals surface area contributed by atoms with Crippen molar-refractivity contribution in [1.82, 2.24) is 5.32 Å². The molecule has 126 valence electrons. The average Bonchev–Trinajstić information content (AvgIpc) is 2.60. The molecule has 0 aromatic heterocycles. The molecule has 2 atom stereocenters. The number of rotatable bonds is 8. The molecule has 0 heterocycles. The van der Waals surface area contributed by atoms with Gasteiger partial charge in [0.15, 0.2) is 0 Å². The molecule has 3 heteroatoms. The minimum absolute atomic E-state index is 0.187. The number of nitrogens with one attached hydrogen (secondary N) is 1. The number of aliphatic carboxylic acids is 1. The van der Waals surface area contributed by atoms with Crippen molar-refractivity contribution in [3.63, 3.8) is 0 Å². The lowest BCUT2D eigenvalue weighted by Crippen LogP contribution is -2.43. The second-order valence-corrected chi connectivity index (χ2v) is 6.06. The highest BCUT2D eigenvalue weighted by molar-refractivity contribution is 5.74. The van der Waals surface area contributed by atoms with E-state index in [0.717, 1.165) is 23.1 Å². The lowest BCUT2D eigenvalue weighted by Gasteiger charge is -2.19. The van der Waals surface area contributed by atoms with Gasteiger partial charge in [0, 0.05) is 6.04 Å². The van der Waals surface area contributed by atoms with Gasteiger partial charge < -0.3 is 10.4 Å². The summed E-state index contributed by atoms with van der Waals surface area (Å²) in [4.78, 5) is 11.5. The number of hydrogen-bond acceptors (Lipinski definition) is 2. The van der Waals surface area contributed by atoms with Crippen LogP contribution in [-0.4, -0.2) is 23.2 Å². The third-order valence-corrected chi connectivity index (χ3v) is 4.05. The quantitative estimate of drug-likeness (QED) is 0.714. The average molecular weight is 323 g/mol. The Morgan fingerprint density at radius 3 is 2.42 bits per heavy atom. The van der Waals surface area contributed by atoms with Crippen molar-refractivity contribution in [1.29, 1.82) is 0 Å². The second kappa shape index (κ2) is 9.04. The van der Waals surface area contributed by atoms with E-state index in [1.165, 1.54) is 0 Å². The van der Waals surface area contributed by atoms with E-state index < -0.39 is 12.0 Å². The molecule has 0 saturated heterocycles. The Morgan fingerprint density at radius 2 is 1.75 bits per heavy atom. The molecule has 0 aliphatic heterocycles. The predicted molar refractivity (Wildman–Crippen MR) is 99.8 cm³/mol. The first-order valence-corrected chi connectivity index (χ1v) is 8.39. The summed E-state index contributed by atoms with van der Waals surface area (Å²) in [5, 5.41) is 12.6. The SMILES string of the molecule is CCC(C)NC(Cc1cccc(/C=C\c2ccccc2)c1)C(=O)O. The van der Waals surface area contributed by atoms with Gasteiger partial charge in [-0.1, -0.05) is 73.7 Å². The molecule has 2 aromatic carbocycles. The van der Waals surface area contributed by atoms with Gasteiger partial charge in [-0.15, -0.1) is 0 Å². The zero-order valence-corrected chi connectivity index (χ0v) is 14.3. The lowest BCUT2D eigenvalue weighted by molar-refractivity contribution is -0.139. The van der Waals surface area contributed by atoms with Crippen molar-refractivity contribution in [2.75, 3.05) is 0 Å².